The van der Waals surface area contributed by atoms with Crippen LogP contribution in [0.3, 0.4) is 0 Å². The van der Waals surface area contributed by atoms with Crippen molar-refractivity contribution < 1.29 is 0 Å². The first-order valence-corrected chi connectivity index (χ1v) is 5.18. The molecule has 3 heterocycles. The van der Waals surface area contributed by atoms with Gasteiger partial charge in [-0.25, -0.2) is 15.0 Å². The lowest BCUT2D eigenvalue weighted by molar-refractivity contribution is 0.890. The molecule has 0 aliphatic carbocycles. The summed E-state index contributed by atoms with van der Waals surface area (Å²) in [4.78, 5) is 28.0. The van der Waals surface area contributed by atoms with Crippen LogP contribution in [-0.2, 0) is 0 Å². The maximum absolute atomic E-state index is 11.7. The number of rotatable bonds is 1. The van der Waals surface area contributed by atoms with Crippen LogP contribution in [0.5, 0.6) is 0 Å². The van der Waals surface area contributed by atoms with Crippen molar-refractivity contribution >= 4 is 11.6 Å². The number of aromatic nitrogens is 6. The first kappa shape index (κ1) is 10.4. The Kier molecular flexibility index (Phi) is 2.09. The molecule has 0 saturated heterocycles. The second-order valence-corrected chi connectivity index (χ2v) is 3.73. The lowest BCUT2D eigenvalue weighted by Gasteiger charge is -1.97. The maximum atomic E-state index is 11.7. The summed E-state index contributed by atoms with van der Waals surface area (Å²) in [5, 5.41) is 2.80. The minimum absolute atomic E-state index is 0.237. The molecule has 0 saturated carbocycles. The molecule has 8 heteroatoms. The van der Waals surface area contributed by atoms with Crippen molar-refractivity contribution in [1.82, 2.24) is 29.5 Å². The number of H-pyrrole nitrogens is 1. The van der Waals surface area contributed by atoms with E-state index in [-0.39, 0.29) is 17.2 Å². The molecule has 8 nitrogen and oxygen atoms in total. The summed E-state index contributed by atoms with van der Waals surface area (Å²) in [7, 11) is 0. The molecule has 0 spiro atoms. The number of nitrogens with two attached hydrogens (primary N) is 1. The molecule has 3 aromatic rings. The highest BCUT2D eigenvalue weighted by Crippen LogP contribution is 2.16. The number of aromatic amines is 1. The number of nitrogens with one attached hydrogen (secondary N) is 1. The highest BCUT2D eigenvalue weighted by atomic mass is 16.1. The van der Waals surface area contributed by atoms with Crippen LogP contribution in [0.4, 0.5) is 5.82 Å². The molecule has 18 heavy (non-hydrogen) atoms. The van der Waals surface area contributed by atoms with Gasteiger partial charge in [-0.1, -0.05) is 0 Å². The topological polar surface area (TPSA) is 115 Å². The molecule has 0 radical (unpaired) electrons. The highest BCUT2D eigenvalue weighted by molar-refractivity contribution is 5.63. The van der Waals surface area contributed by atoms with Crippen molar-refractivity contribution in [2.45, 2.75) is 6.92 Å². The number of nitrogens with zero attached hydrogens (tertiary/aromatic N) is 5. The van der Waals surface area contributed by atoms with E-state index in [9.17, 15) is 4.79 Å². The van der Waals surface area contributed by atoms with E-state index in [4.69, 9.17) is 5.73 Å². The molecule has 3 N–H and O–H groups in total. The van der Waals surface area contributed by atoms with Gasteiger partial charge < -0.3 is 5.73 Å². The highest BCUT2D eigenvalue weighted by Gasteiger charge is 2.12. The van der Waals surface area contributed by atoms with Crippen LogP contribution in [0, 0.1) is 6.92 Å². The average Bonchev–Trinajstić information content (AvgIpc) is 2.73. The van der Waals surface area contributed by atoms with E-state index >= 15 is 0 Å². The minimum Gasteiger partial charge on any atom is -0.382 e. The molecule has 3 rings (SSSR count). The van der Waals surface area contributed by atoms with Gasteiger partial charge in [0.15, 0.2) is 11.6 Å². The molecule has 0 aliphatic rings. The summed E-state index contributed by atoms with van der Waals surface area (Å²) >= 11 is 0. The SMILES string of the molecule is Cc1cc(=O)n2[nH]c(-c3nccnc3N)nc2n1. The van der Waals surface area contributed by atoms with Gasteiger partial charge in [-0.2, -0.15) is 9.50 Å². The van der Waals surface area contributed by atoms with Crippen molar-refractivity contribution in [2.75, 3.05) is 5.73 Å². The maximum Gasteiger partial charge on any atom is 0.274 e. The predicted molar refractivity (Wildman–Crippen MR) is 63.8 cm³/mol. The van der Waals surface area contributed by atoms with Crippen LogP contribution in [0.15, 0.2) is 23.3 Å². The van der Waals surface area contributed by atoms with Crippen molar-refractivity contribution in [1.29, 1.82) is 0 Å². The summed E-state index contributed by atoms with van der Waals surface area (Å²) in [5.74, 6) is 0.872. The molecule has 0 bridgehead atoms. The fraction of sp³-hybridized carbons (Fsp3) is 0.100. The third-order valence-corrected chi connectivity index (χ3v) is 2.41. The van der Waals surface area contributed by atoms with E-state index in [0.29, 0.717) is 17.2 Å². The van der Waals surface area contributed by atoms with E-state index in [1.807, 2.05) is 0 Å². The van der Waals surface area contributed by atoms with Crippen LogP contribution >= 0.6 is 0 Å². The van der Waals surface area contributed by atoms with Gasteiger partial charge in [-0.05, 0) is 6.92 Å². The van der Waals surface area contributed by atoms with Gasteiger partial charge in [0.05, 0.1) is 0 Å². The zero-order valence-corrected chi connectivity index (χ0v) is 9.45. The molecule has 0 aliphatic heterocycles. The van der Waals surface area contributed by atoms with E-state index in [1.165, 1.54) is 23.0 Å². The summed E-state index contributed by atoms with van der Waals surface area (Å²) in [6.07, 6.45) is 2.98. The van der Waals surface area contributed by atoms with Crippen molar-refractivity contribution in [3.8, 4) is 11.5 Å². The van der Waals surface area contributed by atoms with Crippen LogP contribution in [0.1, 0.15) is 5.69 Å². The quantitative estimate of drug-likeness (QED) is 0.609. The van der Waals surface area contributed by atoms with Gasteiger partial charge in [0, 0.05) is 24.2 Å². The molecule has 0 aromatic carbocycles. The number of aryl methyl sites for hydroxylation is 1. The normalized spacial score (nSPS) is 10.9. The summed E-state index contributed by atoms with van der Waals surface area (Å²) in [5.41, 5.74) is 6.45. The average molecular weight is 243 g/mol. The Morgan fingerprint density at radius 1 is 1.28 bits per heavy atom. The Labute approximate surface area is 101 Å². The fourth-order valence-electron chi connectivity index (χ4n) is 1.63. The van der Waals surface area contributed by atoms with Crippen LogP contribution in [-0.4, -0.2) is 29.5 Å². The number of hydrogen-bond donors (Lipinski definition) is 2. The largest absolute Gasteiger partial charge is 0.382 e. The molecule has 90 valence electrons. The van der Waals surface area contributed by atoms with Crippen LogP contribution < -0.4 is 11.3 Å². The molecule has 3 aromatic heterocycles. The minimum atomic E-state index is -0.237. The standard InChI is InChI=1S/C10H9N7O/c1-5-4-6(18)17-10(14-5)15-9(16-17)7-8(11)13-3-2-12-7/h2-4H,1H3,(H2,11,13)(H,14,15,16). The van der Waals surface area contributed by atoms with E-state index in [0.717, 1.165) is 0 Å². The fourth-order valence-corrected chi connectivity index (χ4v) is 1.63. The van der Waals surface area contributed by atoms with Gasteiger partial charge in [0.25, 0.3) is 11.3 Å². The molecule has 0 amide bonds. The van der Waals surface area contributed by atoms with E-state index in [2.05, 4.69) is 25.0 Å². The molecule has 0 atom stereocenters. The molecular weight excluding hydrogens is 234 g/mol. The lowest BCUT2D eigenvalue weighted by atomic mass is 10.4. The zero-order chi connectivity index (χ0) is 12.7. The Morgan fingerprint density at radius 2 is 2.06 bits per heavy atom. The van der Waals surface area contributed by atoms with Gasteiger partial charge in [0.1, 0.15) is 5.69 Å². The zero-order valence-electron chi connectivity index (χ0n) is 9.45. The monoisotopic (exact) mass is 243 g/mol. The molecule has 0 unspecified atom stereocenters. The number of anilines is 1. The second kappa shape index (κ2) is 3.62. The third-order valence-electron chi connectivity index (χ3n) is 2.41. The van der Waals surface area contributed by atoms with Gasteiger partial charge in [-0.3, -0.25) is 9.89 Å². The summed E-state index contributed by atoms with van der Waals surface area (Å²) in [6.45, 7) is 1.73. The van der Waals surface area contributed by atoms with E-state index in [1.54, 1.807) is 6.92 Å². The Balaban J connectivity index is 2.30. The van der Waals surface area contributed by atoms with Crippen LogP contribution in [0.25, 0.3) is 17.3 Å². The first-order chi connectivity index (χ1) is 8.65. The van der Waals surface area contributed by atoms with Gasteiger partial charge in [0.2, 0.25) is 0 Å². The smallest absolute Gasteiger partial charge is 0.274 e. The number of nitrogen functional groups attached to an aromatic ring is 1. The van der Waals surface area contributed by atoms with E-state index < -0.39 is 0 Å². The summed E-state index contributed by atoms with van der Waals surface area (Å²) < 4.78 is 1.23. The molecular formula is C10H9N7O. The van der Waals surface area contributed by atoms with Gasteiger partial charge >= 0.3 is 0 Å². The number of hydrogen-bond acceptors (Lipinski definition) is 6. The Morgan fingerprint density at radius 3 is 2.83 bits per heavy atom. The summed E-state index contributed by atoms with van der Waals surface area (Å²) in [6, 6.07) is 1.41. The predicted octanol–water partition coefficient (Wildman–Crippen LogP) is -0.235. The number of fused-ring (bicyclic) bond motifs is 1. The first-order valence-electron chi connectivity index (χ1n) is 5.18. The molecule has 0 fully saturated rings. The van der Waals surface area contributed by atoms with Crippen molar-refractivity contribution in [3.63, 3.8) is 0 Å². The lowest BCUT2D eigenvalue weighted by Crippen LogP contribution is -2.14. The van der Waals surface area contributed by atoms with Crippen molar-refractivity contribution in [3.05, 3.63) is 34.5 Å². The van der Waals surface area contributed by atoms with Gasteiger partial charge in [-0.15, -0.1) is 0 Å². The Bertz CT molecular complexity index is 788. The third kappa shape index (κ3) is 1.51. The second-order valence-electron chi connectivity index (χ2n) is 3.73. The Hall–Kier alpha value is -2.77. The van der Waals surface area contributed by atoms with Crippen molar-refractivity contribution in [2.24, 2.45) is 0 Å². The van der Waals surface area contributed by atoms with Crippen LogP contribution in [0.2, 0.25) is 0 Å².